The first-order valence-corrected chi connectivity index (χ1v) is 4.43. The summed E-state index contributed by atoms with van der Waals surface area (Å²) in [6, 6.07) is 0.759. The van der Waals surface area contributed by atoms with Gasteiger partial charge in [0.1, 0.15) is 0 Å². The van der Waals surface area contributed by atoms with E-state index < -0.39 is 0 Å². The standard InChI is InChI=1S/C9H19N/c1-7(2)9-5-4-8(3)10-6-9/h7-10H,4-6H2,1-3H3. The molecule has 0 spiro atoms. The average molecular weight is 141 g/mol. The van der Waals surface area contributed by atoms with Crippen molar-refractivity contribution in [2.45, 2.75) is 39.7 Å². The molecule has 1 nitrogen and oxygen atoms in total. The average Bonchev–Trinajstić information content (AvgIpc) is 1.88. The molecule has 1 aliphatic heterocycles. The minimum absolute atomic E-state index is 0.759. The summed E-state index contributed by atoms with van der Waals surface area (Å²) in [4.78, 5) is 0. The maximum absolute atomic E-state index is 3.51. The largest absolute Gasteiger partial charge is 0.314 e. The minimum atomic E-state index is 0.759. The highest BCUT2D eigenvalue weighted by Crippen LogP contribution is 2.20. The summed E-state index contributed by atoms with van der Waals surface area (Å²) >= 11 is 0. The van der Waals surface area contributed by atoms with Crippen molar-refractivity contribution >= 4 is 0 Å². The van der Waals surface area contributed by atoms with Gasteiger partial charge in [0.05, 0.1) is 0 Å². The van der Waals surface area contributed by atoms with E-state index in [9.17, 15) is 0 Å². The molecule has 10 heavy (non-hydrogen) atoms. The van der Waals surface area contributed by atoms with Gasteiger partial charge < -0.3 is 5.32 Å². The highest BCUT2D eigenvalue weighted by molar-refractivity contribution is 4.76. The predicted molar refractivity (Wildman–Crippen MR) is 45.0 cm³/mol. The van der Waals surface area contributed by atoms with Crippen LogP contribution in [0.3, 0.4) is 0 Å². The van der Waals surface area contributed by atoms with Gasteiger partial charge in [-0.25, -0.2) is 0 Å². The van der Waals surface area contributed by atoms with Crippen molar-refractivity contribution in [3.05, 3.63) is 0 Å². The number of rotatable bonds is 1. The van der Waals surface area contributed by atoms with Crippen LogP contribution in [0, 0.1) is 11.8 Å². The Bertz CT molecular complexity index is 90.9. The quantitative estimate of drug-likeness (QED) is 0.589. The van der Waals surface area contributed by atoms with Gasteiger partial charge in [-0.05, 0) is 38.1 Å². The molecule has 1 rings (SSSR count). The van der Waals surface area contributed by atoms with Crippen molar-refractivity contribution < 1.29 is 0 Å². The molecule has 1 aliphatic rings. The van der Waals surface area contributed by atoms with Crippen LogP contribution in [-0.2, 0) is 0 Å². The molecule has 1 saturated heterocycles. The fourth-order valence-electron chi connectivity index (χ4n) is 1.59. The van der Waals surface area contributed by atoms with Crippen molar-refractivity contribution in [1.29, 1.82) is 0 Å². The van der Waals surface area contributed by atoms with Gasteiger partial charge in [0.25, 0.3) is 0 Å². The summed E-state index contributed by atoms with van der Waals surface area (Å²) in [5.74, 6) is 1.79. The summed E-state index contributed by atoms with van der Waals surface area (Å²) in [6.07, 6.45) is 2.79. The molecular weight excluding hydrogens is 122 g/mol. The molecular formula is C9H19N. The summed E-state index contributed by atoms with van der Waals surface area (Å²) in [7, 11) is 0. The zero-order chi connectivity index (χ0) is 7.56. The van der Waals surface area contributed by atoms with Crippen molar-refractivity contribution in [3.8, 4) is 0 Å². The lowest BCUT2D eigenvalue weighted by molar-refractivity contribution is 0.262. The second-order valence-corrected chi connectivity index (χ2v) is 3.89. The van der Waals surface area contributed by atoms with Crippen LogP contribution in [0.2, 0.25) is 0 Å². The first kappa shape index (κ1) is 8.06. The molecule has 0 saturated carbocycles. The van der Waals surface area contributed by atoms with Crippen LogP contribution in [-0.4, -0.2) is 12.6 Å². The lowest BCUT2D eigenvalue weighted by atomic mass is 9.87. The molecule has 60 valence electrons. The van der Waals surface area contributed by atoms with Gasteiger partial charge >= 0.3 is 0 Å². The lowest BCUT2D eigenvalue weighted by Crippen LogP contribution is -2.38. The molecule has 0 aromatic heterocycles. The number of hydrogen-bond acceptors (Lipinski definition) is 1. The normalized spacial score (nSPS) is 34.8. The van der Waals surface area contributed by atoms with Crippen molar-refractivity contribution in [1.82, 2.24) is 5.32 Å². The topological polar surface area (TPSA) is 12.0 Å². The predicted octanol–water partition coefficient (Wildman–Crippen LogP) is 2.03. The van der Waals surface area contributed by atoms with Gasteiger partial charge in [-0.2, -0.15) is 0 Å². The third kappa shape index (κ3) is 1.98. The summed E-state index contributed by atoms with van der Waals surface area (Å²) in [5.41, 5.74) is 0. The van der Waals surface area contributed by atoms with E-state index in [1.165, 1.54) is 19.4 Å². The van der Waals surface area contributed by atoms with E-state index in [4.69, 9.17) is 0 Å². The minimum Gasteiger partial charge on any atom is -0.314 e. The summed E-state index contributed by atoms with van der Waals surface area (Å²) in [5, 5.41) is 3.51. The molecule has 0 amide bonds. The molecule has 2 atom stereocenters. The van der Waals surface area contributed by atoms with Crippen LogP contribution in [0.25, 0.3) is 0 Å². The second kappa shape index (κ2) is 3.38. The van der Waals surface area contributed by atoms with E-state index >= 15 is 0 Å². The second-order valence-electron chi connectivity index (χ2n) is 3.89. The highest BCUT2D eigenvalue weighted by Gasteiger charge is 2.19. The van der Waals surface area contributed by atoms with Crippen LogP contribution >= 0.6 is 0 Å². The molecule has 0 bridgehead atoms. The van der Waals surface area contributed by atoms with Crippen LogP contribution in [0.5, 0.6) is 0 Å². The van der Waals surface area contributed by atoms with Crippen LogP contribution in [0.1, 0.15) is 33.6 Å². The first-order chi connectivity index (χ1) is 4.70. The van der Waals surface area contributed by atoms with E-state index in [0.29, 0.717) is 0 Å². The van der Waals surface area contributed by atoms with Gasteiger partial charge in [-0.15, -0.1) is 0 Å². The van der Waals surface area contributed by atoms with E-state index in [0.717, 1.165) is 17.9 Å². The first-order valence-electron chi connectivity index (χ1n) is 4.43. The molecule has 0 aromatic carbocycles. The lowest BCUT2D eigenvalue weighted by Gasteiger charge is -2.30. The fourth-order valence-corrected chi connectivity index (χ4v) is 1.59. The van der Waals surface area contributed by atoms with Gasteiger partial charge in [-0.1, -0.05) is 13.8 Å². The van der Waals surface area contributed by atoms with Crippen LogP contribution in [0.15, 0.2) is 0 Å². The molecule has 2 unspecified atom stereocenters. The van der Waals surface area contributed by atoms with Crippen LogP contribution in [0.4, 0.5) is 0 Å². The van der Waals surface area contributed by atoms with Crippen molar-refractivity contribution in [3.63, 3.8) is 0 Å². The third-order valence-electron chi connectivity index (χ3n) is 2.64. The zero-order valence-corrected chi connectivity index (χ0v) is 7.35. The molecule has 0 radical (unpaired) electrons. The Kier molecular flexibility index (Phi) is 2.72. The maximum Gasteiger partial charge on any atom is 0.00389 e. The van der Waals surface area contributed by atoms with Gasteiger partial charge in [0.15, 0.2) is 0 Å². The Morgan fingerprint density at radius 1 is 1.30 bits per heavy atom. The van der Waals surface area contributed by atoms with E-state index in [1.54, 1.807) is 0 Å². The monoisotopic (exact) mass is 141 g/mol. The van der Waals surface area contributed by atoms with Gasteiger partial charge in [-0.3, -0.25) is 0 Å². The molecule has 0 aliphatic carbocycles. The Morgan fingerprint density at radius 3 is 2.40 bits per heavy atom. The maximum atomic E-state index is 3.51. The Labute approximate surface area is 64.2 Å². The molecule has 1 N–H and O–H groups in total. The number of hydrogen-bond donors (Lipinski definition) is 1. The number of piperidine rings is 1. The van der Waals surface area contributed by atoms with E-state index in [1.807, 2.05) is 0 Å². The number of nitrogens with one attached hydrogen (secondary N) is 1. The Hall–Kier alpha value is -0.0400. The van der Waals surface area contributed by atoms with Crippen molar-refractivity contribution in [2.75, 3.05) is 6.54 Å². The highest BCUT2D eigenvalue weighted by atomic mass is 14.9. The fraction of sp³-hybridized carbons (Fsp3) is 1.00. The van der Waals surface area contributed by atoms with Gasteiger partial charge in [0, 0.05) is 6.04 Å². The Morgan fingerprint density at radius 2 is 2.00 bits per heavy atom. The molecule has 1 fully saturated rings. The van der Waals surface area contributed by atoms with Crippen LogP contribution < -0.4 is 5.32 Å². The van der Waals surface area contributed by atoms with E-state index in [-0.39, 0.29) is 0 Å². The molecule has 1 heterocycles. The van der Waals surface area contributed by atoms with Crippen molar-refractivity contribution in [2.24, 2.45) is 11.8 Å². The molecule has 0 aromatic rings. The summed E-state index contributed by atoms with van der Waals surface area (Å²) < 4.78 is 0. The zero-order valence-electron chi connectivity index (χ0n) is 7.35. The summed E-state index contributed by atoms with van der Waals surface area (Å²) in [6.45, 7) is 8.15. The third-order valence-corrected chi connectivity index (χ3v) is 2.64. The van der Waals surface area contributed by atoms with Gasteiger partial charge in [0.2, 0.25) is 0 Å². The SMILES string of the molecule is CC1CCC(C(C)C)CN1. The molecule has 1 heteroatoms. The van der Waals surface area contributed by atoms with E-state index in [2.05, 4.69) is 26.1 Å². The Balaban J connectivity index is 2.26. The smallest absolute Gasteiger partial charge is 0.00389 e.